The van der Waals surface area contributed by atoms with Gasteiger partial charge in [0.05, 0.1) is 24.5 Å². The van der Waals surface area contributed by atoms with Gasteiger partial charge < -0.3 is 19.5 Å². The summed E-state index contributed by atoms with van der Waals surface area (Å²) in [4.78, 5) is 45.3. The van der Waals surface area contributed by atoms with Crippen LogP contribution in [0, 0.1) is 0 Å². The van der Waals surface area contributed by atoms with Gasteiger partial charge >= 0.3 is 6.09 Å². The van der Waals surface area contributed by atoms with E-state index in [0.29, 0.717) is 75.1 Å². The second kappa shape index (κ2) is 8.98. The van der Waals surface area contributed by atoms with Crippen molar-refractivity contribution in [3.63, 3.8) is 0 Å². The van der Waals surface area contributed by atoms with Gasteiger partial charge in [0.2, 0.25) is 0 Å². The Bertz CT molecular complexity index is 1440. The summed E-state index contributed by atoms with van der Waals surface area (Å²) in [6.45, 7) is 3.61. The highest BCUT2D eigenvalue weighted by Gasteiger charge is 2.32. The van der Waals surface area contributed by atoms with Crippen LogP contribution in [0.15, 0.2) is 46.1 Å². The Morgan fingerprint density at radius 2 is 1.78 bits per heavy atom. The summed E-state index contributed by atoms with van der Waals surface area (Å²) in [7, 11) is 0. The molecule has 0 spiro atoms. The molecule has 1 fully saturated rings. The normalized spacial score (nSPS) is 19.5. The van der Waals surface area contributed by atoms with Crippen molar-refractivity contribution in [1.82, 2.24) is 23.9 Å². The predicted octanol–water partition coefficient (Wildman–Crippen LogP) is 1.53. The molecule has 188 valence electrons. The van der Waals surface area contributed by atoms with E-state index in [1.807, 2.05) is 0 Å². The van der Waals surface area contributed by atoms with Crippen molar-refractivity contribution in [3.05, 3.63) is 62.9 Å². The summed E-state index contributed by atoms with van der Waals surface area (Å²) < 4.78 is 14.5. The molecule has 11 heteroatoms. The van der Waals surface area contributed by atoms with E-state index in [2.05, 4.69) is 9.88 Å². The number of piperidine rings is 1. The molecule has 6 rings (SSSR count). The lowest BCUT2D eigenvalue weighted by molar-refractivity contribution is 0.0813. The third-order valence-corrected chi connectivity index (χ3v) is 7.35. The summed E-state index contributed by atoms with van der Waals surface area (Å²) >= 11 is 0. The number of aromatic nitrogens is 3. The van der Waals surface area contributed by atoms with Gasteiger partial charge in [0.15, 0.2) is 11.5 Å². The molecule has 1 atom stereocenters. The molecule has 0 aliphatic carbocycles. The molecule has 0 saturated carbocycles. The maximum atomic E-state index is 12.7. The van der Waals surface area contributed by atoms with Crippen LogP contribution in [0.1, 0.15) is 24.6 Å². The lowest BCUT2D eigenvalue weighted by Gasteiger charge is -2.38. The molecule has 3 aromatic heterocycles. The minimum absolute atomic E-state index is 0.104. The highest BCUT2D eigenvalue weighted by molar-refractivity contribution is 5.76. The Balaban J connectivity index is 1.13. The first-order valence-electron chi connectivity index (χ1n) is 12.2. The third-order valence-electron chi connectivity index (χ3n) is 7.35. The van der Waals surface area contributed by atoms with Crippen LogP contribution >= 0.6 is 0 Å². The van der Waals surface area contributed by atoms with Gasteiger partial charge in [-0.05, 0) is 25.0 Å². The van der Waals surface area contributed by atoms with Crippen LogP contribution in [0.3, 0.4) is 0 Å². The number of hydrogen-bond acceptors (Lipinski definition) is 7. The Kier molecular flexibility index (Phi) is 5.63. The fraction of sp³-hybridized carbons (Fsp3) is 0.440. The monoisotopic (exact) mass is 493 g/mol. The number of amides is 1. The quantitative estimate of drug-likeness (QED) is 0.569. The SMILES string of the molecule is O=C(O)N(Cc1cc2c(cn1)OCCO2)C1CCN(CC2Cn3c(=O)ccc4ccc(=O)n2c43)CC1. The van der Waals surface area contributed by atoms with Crippen LogP contribution in [0.25, 0.3) is 11.0 Å². The van der Waals surface area contributed by atoms with E-state index in [4.69, 9.17) is 9.47 Å². The zero-order valence-electron chi connectivity index (χ0n) is 19.7. The molecule has 11 nitrogen and oxygen atoms in total. The molecule has 3 aromatic rings. The average Bonchev–Trinajstić information content (AvgIpc) is 3.27. The van der Waals surface area contributed by atoms with Gasteiger partial charge in [-0.2, -0.15) is 0 Å². The zero-order valence-corrected chi connectivity index (χ0v) is 19.7. The van der Waals surface area contributed by atoms with Crippen molar-refractivity contribution in [2.75, 3.05) is 32.8 Å². The van der Waals surface area contributed by atoms with Gasteiger partial charge in [-0.3, -0.25) is 28.6 Å². The van der Waals surface area contributed by atoms with Crippen molar-refractivity contribution < 1.29 is 19.4 Å². The van der Waals surface area contributed by atoms with Crippen LogP contribution < -0.4 is 20.6 Å². The van der Waals surface area contributed by atoms with E-state index in [0.717, 1.165) is 5.39 Å². The summed E-state index contributed by atoms with van der Waals surface area (Å²) in [5.41, 5.74) is 1.08. The first-order valence-corrected chi connectivity index (χ1v) is 12.2. The first kappa shape index (κ1) is 22.6. The Labute approximate surface area is 206 Å². The molecule has 1 saturated heterocycles. The number of ether oxygens (including phenoxy) is 2. The first-order chi connectivity index (χ1) is 17.5. The molecule has 1 amide bonds. The van der Waals surface area contributed by atoms with Crippen LogP contribution in [0.4, 0.5) is 4.79 Å². The number of rotatable bonds is 5. The fourth-order valence-corrected chi connectivity index (χ4v) is 5.61. The summed E-state index contributed by atoms with van der Waals surface area (Å²) in [5.74, 6) is 1.17. The Hall–Kier alpha value is -3.86. The number of pyridine rings is 3. The fourth-order valence-electron chi connectivity index (χ4n) is 5.61. The summed E-state index contributed by atoms with van der Waals surface area (Å²) in [5, 5.41) is 10.8. The maximum Gasteiger partial charge on any atom is 0.407 e. The molecular weight excluding hydrogens is 466 g/mol. The van der Waals surface area contributed by atoms with E-state index < -0.39 is 6.09 Å². The maximum absolute atomic E-state index is 12.7. The highest BCUT2D eigenvalue weighted by atomic mass is 16.6. The molecule has 6 heterocycles. The summed E-state index contributed by atoms with van der Waals surface area (Å²) in [6.07, 6.45) is 1.96. The van der Waals surface area contributed by atoms with Crippen molar-refractivity contribution in [2.45, 2.75) is 38.0 Å². The molecule has 36 heavy (non-hydrogen) atoms. The van der Waals surface area contributed by atoms with Crippen LogP contribution in [-0.2, 0) is 13.1 Å². The number of carboxylic acid groups (broad SMARTS) is 1. The number of nitrogens with zero attached hydrogens (tertiary/aromatic N) is 5. The largest absolute Gasteiger partial charge is 0.486 e. The van der Waals surface area contributed by atoms with Gasteiger partial charge in [0.1, 0.15) is 18.9 Å². The van der Waals surface area contributed by atoms with Gasteiger partial charge in [-0.25, -0.2) is 4.79 Å². The smallest absolute Gasteiger partial charge is 0.407 e. The Morgan fingerprint density at radius 3 is 2.53 bits per heavy atom. The number of carbonyl (C=O) groups is 1. The van der Waals surface area contributed by atoms with E-state index >= 15 is 0 Å². The Morgan fingerprint density at radius 1 is 1.06 bits per heavy atom. The van der Waals surface area contributed by atoms with Gasteiger partial charge in [0.25, 0.3) is 11.1 Å². The van der Waals surface area contributed by atoms with E-state index in [9.17, 15) is 19.5 Å². The average molecular weight is 494 g/mol. The molecule has 1 N–H and O–H groups in total. The highest BCUT2D eigenvalue weighted by Crippen LogP contribution is 2.31. The lowest BCUT2D eigenvalue weighted by Crippen LogP contribution is -2.48. The second-order valence-corrected chi connectivity index (χ2v) is 9.52. The van der Waals surface area contributed by atoms with Crippen LogP contribution in [-0.4, -0.2) is 74.0 Å². The molecule has 0 bridgehead atoms. The third kappa shape index (κ3) is 3.98. The van der Waals surface area contributed by atoms with Crippen LogP contribution in [0.5, 0.6) is 11.5 Å². The zero-order chi connectivity index (χ0) is 24.8. The molecule has 3 aliphatic rings. The number of hydrogen-bond donors (Lipinski definition) is 1. The van der Waals surface area contributed by atoms with Crippen molar-refractivity contribution in [3.8, 4) is 11.5 Å². The number of likely N-dealkylation sites (tertiary alicyclic amines) is 1. The molecule has 0 radical (unpaired) electrons. The van der Waals surface area contributed by atoms with Crippen molar-refractivity contribution in [1.29, 1.82) is 0 Å². The van der Waals surface area contributed by atoms with Gasteiger partial charge in [-0.15, -0.1) is 0 Å². The minimum Gasteiger partial charge on any atom is -0.486 e. The van der Waals surface area contributed by atoms with Gasteiger partial charge in [0, 0.05) is 55.8 Å². The van der Waals surface area contributed by atoms with E-state index in [1.165, 1.54) is 4.90 Å². The molecule has 1 unspecified atom stereocenters. The summed E-state index contributed by atoms with van der Waals surface area (Å²) in [6, 6.07) is 8.09. The van der Waals surface area contributed by atoms with Crippen molar-refractivity contribution >= 4 is 17.1 Å². The standard InChI is InChI=1S/C25H27N5O6/c31-22-3-1-16-2-4-23(32)30-19(15-29(22)24(16)30)14-27-7-5-18(6-8-27)28(25(33)34)13-17-11-20-21(12-26-17)36-10-9-35-20/h1-4,11-12,18-19H,5-10,13-15H2,(H,33,34). The van der Waals surface area contributed by atoms with Crippen LogP contribution in [0.2, 0.25) is 0 Å². The molecular formula is C25H27N5O6. The number of fused-ring (bicyclic) bond motifs is 1. The van der Waals surface area contributed by atoms with Crippen molar-refractivity contribution in [2.24, 2.45) is 0 Å². The minimum atomic E-state index is -0.978. The second-order valence-electron chi connectivity index (χ2n) is 9.52. The topological polar surface area (TPSA) is 119 Å². The van der Waals surface area contributed by atoms with E-state index in [1.54, 1.807) is 45.7 Å². The van der Waals surface area contributed by atoms with Gasteiger partial charge in [-0.1, -0.05) is 0 Å². The van der Waals surface area contributed by atoms with E-state index in [-0.39, 0.29) is 29.7 Å². The predicted molar refractivity (Wildman–Crippen MR) is 130 cm³/mol. The molecule has 3 aliphatic heterocycles. The molecule has 0 aromatic carbocycles. The lowest BCUT2D eigenvalue weighted by atomic mass is 10.0.